The first-order valence-electron chi connectivity index (χ1n) is 10.8. The first-order valence-corrected chi connectivity index (χ1v) is 10.8. The molecule has 0 spiro atoms. The van der Waals surface area contributed by atoms with E-state index in [2.05, 4.69) is 84.8 Å². The normalized spacial score (nSPS) is 15.4. The summed E-state index contributed by atoms with van der Waals surface area (Å²) in [5, 5.41) is 0. The predicted molar refractivity (Wildman–Crippen MR) is 131 cm³/mol. The van der Waals surface area contributed by atoms with Crippen molar-refractivity contribution >= 4 is 11.3 Å². The number of rotatable bonds is 8. The summed E-state index contributed by atoms with van der Waals surface area (Å²) in [6.45, 7) is 8.96. The molecule has 3 aromatic carbocycles. The number of nitrogens with zero attached hydrogens (tertiary/aromatic N) is 1. The average Bonchev–Trinajstić information content (AvgIpc) is 2.82. The van der Waals surface area contributed by atoms with Crippen LogP contribution in [0.2, 0.25) is 0 Å². The highest BCUT2D eigenvalue weighted by Gasteiger charge is 2.32. The second-order valence-corrected chi connectivity index (χ2v) is 7.79. The molecule has 2 nitrogen and oxygen atoms in total. The van der Waals surface area contributed by atoms with Gasteiger partial charge in [0.2, 0.25) is 0 Å². The molecule has 1 heterocycles. The van der Waals surface area contributed by atoms with Crippen molar-refractivity contribution in [3.05, 3.63) is 126 Å². The summed E-state index contributed by atoms with van der Waals surface area (Å²) in [4.78, 5) is 2.54. The number of hydrogen-bond acceptors (Lipinski definition) is 2. The molecule has 1 aliphatic heterocycles. The Balaban J connectivity index is 1.95. The molecule has 0 radical (unpaired) electrons. The van der Waals surface area contributed by atoms with E-state index in [0.29, 0.717) is 0 Å². The van der Waals surface area contributed by atoms with Crippen molar-refractivity contribution in [2.45, 2.75) is 25.4 Å². The topological polar surface area (TPSA) is 12.5 Å². The molecule has 0 saturated carbocycles. The summed E-state index contributed by atoms with van der Waals surface area (Å²) in [6.07, 6.45) is 5.73. The minimum atomic E-state index is 0.222. The summed E-state index contributed by atoms with van der Waals surface area (Å²) in [5.41, 5.74) is 7.72. The molecular weight excluding hydrogens is 378 g/mol. The van der Waals surface area contributed by atoms with Crippen molar-refractivity contribution in [3.8, 4) is 5.75 Å². The van der Waals surface area contributed by atoms with Crippen LogP contribution in [0.15, 0.2) is 104 Å². The predicted octanol–water partition coefficient (Wildman–Crippen LogP) is 7.27. The summed E-state index contributed by atoms with van der Waals surface area (Å²) >= 11 is 0. The van der Waals surface area contributed by atoms with E-state index in [1.165, 1.54) is 33.5 Å². The smallest absolute Gasteiger partial charge is 0.118 e. The molecule has 1 atom stereocenters. The van der Waals surface area contributed by atoms with Crippen LogP contribution in [-0.4, -0.2) is 12.0 Å². The molecule has 0 amide bonds. The fourth-order valence-electron chi connectivity index (χ4n) is 4.51. The van der Waals surface area contributed by atoms with Crippen LogP contribution in [0, 0.1) is 0 Å². The molecular formula is C29H29NO. The van der Waals surface area contributed by atoms with Crippen LogP contribution in [0.3, 0.4) is 0 Å². The fourth-order valence-corrected chi connectivity index (χ4v) is 4.51. The lowest BCUT2D eigenvalue weighted by Gasteiger charge is -2.42. The lowest BCUT2D eigenvalue weighted by Crippen LogP contribution is -2.31. The third-order valence-corrected chi connectivity index (χ3v) is 5.89. The van der Waals surface area contributed by atoms with E-state index in [1.54, 1.807) is 7.11 Å². The van der Waals surface area contributed by atoms with E-state index in [1.807, 2.05) is 24.3 Å². The first kappa shape index (κ1) is 20.7. The SMILES string of the molecule is C=CCC1=C(c2ccc(OC)cc2)N(Cc2ccccc2)C(CC=C)c2ccccc21. The van der Waals surface area contributed by atoms with Gasteiger partial charge in [-0.1, -0.05) is 66.7 Å². The summed E-state index contributed by atoms with van der Waals surface area (Å²) in [7, 11) is 1.70. The number of allylic oxidation sites excluding steroid dienone is 2. The van der Waals surface area contributed by atoms with Gasteiger partial charge in [0.15, 0.2) is 0 Å². The maximum atomic E-state index is 5.41. The van der Waals surface area contributed by atoms with Gasteiger partial charge in [0.1, 0.15) is 5.75 Å². The molecule has 0 saturated heterocycles. The van der Waals surface area contributed by atoms with E-state index >= 15 is 0 Å². The molecule has 1 unspecified atom stereocenters. The van der Waals surface area contributed by atoms with Crippen LogP contribution in [0.1, 0.15) is 41.1 Å². The lowest BCUT2D eigenvalue weighted by molar-refractivity contribution is 0.287. The quantitative estimate of drug-likeness (QED) is 0.364. The highest BCUT2D eigenvalue weighted by molar-refractivity contribution is 5.93. The average molecular weight is 408 g/mol. The molecule has 1 aliphatic rings. The largest absolute Gasteiger partial charge is 0.497 e. The highest BCUT2D eigenvalue weighted by Crippen LogP contribution is 2.46. The molecule has 3 aromatic rings. The van der Waals surface area contributed by atoms with E-state index in [0.717, 1.165) is 25.1 Å². The molecule has 0 fully saturated rings. The second-order valence-electron chi connectivity index (χ2n) is 7.79. The van der Waals surface area contributed by atoms with Crippen molar-refractivity contribution in [1.82, 2.24) is 4.90 Å². The number of ether oxygens (including phenoxy) is 1. The number of methoxy groups -OCH3 is 1. The molecule has 0 N–H and O–H groups in total. The molecule has 31 heavy (non-hydrogen) atoms. The van der Waals surface area contributed by atoms with Crippen molar-refractivity contribution in [2.75, 3.05) is 7.11 Å². The zero-order chi connectivity index (χ0) is 21.6. The minimum absolute atomic E-state index is 0.222. The molecule has 0 bridgehead atoms. The molecule has 2 heteroatoms. The van der Waals surface area contributed by atoms with Gasteiger partial charge in [-0.05, 0) is 64.9 Å². The summed E-state index contributed by atoms with van der Waals surface area (Å²) in [6, 6.07) is 28.1. The Kier molecular flexibility index (Phi) is 6.37. The third kappa shape index (κ3) is 4.20. The standard InChI is InChI=1S/C29H29NO/c1-4-11-27-25-15-9-10-16-26(25)28(12-5-2)30(21-22-13-7-6-8-14-22)29(27)23-17-19-24(31-3)20-18-23/h4-10,13-20,28H,1-2,11-12,21H2,3H3. The van der Waals surface area contributed by atoms with Gasteiger partial charge in [-0.15, -0.1) is 13.2 Å². The first-order chi connectivity index (χ1) is 15.3. The van der Waals surface area contributed by atoms with Gasteiger partial charge in [0, 0.05) is 12.2 Å². The second kappa shape index (κ2) is 9.53. The van der Waals surface area contributed by atoms with Crippen LogP contribution in [0.4, 0.5) is 0 Å². The maximum Gasteiger partial charge on any atom is 0.118 e. The third-order valence-electron chi connectivity index (χ3n) is 5.89. The highest BCUT2D eigenvalue weighted by atomic mass is 16.5. The Morgan fingerprint density at radius 3 is 2.26 bits per heavy atom. The monoisotopic (exact) mass is 407 g/mol. The van der Waals surface area contributed by atoms with Crippen LogP contribution in [0.5, 0.6) is 5.75 Å². The van der Waals surface area contributed by atoms with Gasteiger partial charge < -0.3 is 9.64 Å². The molecule has 0 aliphatic carbocycles. The van der Waals surface area contributed by atoms with Crippen molar-refractivity contribution < 1.29 is 4.74 Å². The van der Waals surface area contributed by atoms with Crippen molar-refractivity contribution in [1.29, 1.82) is 0 Å². The van der Waals surface area contributed by atoms with Gasteiger partial charge in [0.25, 0.3) is 0 Å². The zero-order valence-corrected chi connectivity index (χ0v) is 18.1. The Hall–Kier alpha value is -3.52. The van der Waals surface area contributed by atoms with Gasteiger partial charge in [-0.2, -0.15) is 0 Å². The van der Waals surface area contributed by atoms with Crippen molar-refractivity contribution in [2.24, 2.45) is 0 Å². The van der Waals surface area contributed by atoms with E-state index in [-0.39, 0.29) is 6.04 Å². The van der Waals surface area contributed by atoms with E-state index in [4.69, 9.17) is 4.74 Å². The lowest BCUT2D eigenvalue weighted by atomic mass is 9.83. The van der Waals surface area contributed by atoms with Gasteiger partial charge >= 0.3 is 0 Å². The van der Waals surface area contributed by atoms with Crippen LogP contribution < -0.4 is 4.74 Å². The Bertz CT molecular complexity index is 1080. The van der Waals surface area contributed by atoms with E-state index in [9.17, 15) is 0 Å². The summed E-state index contributed by atoms with van der Waals surface area (Å²) in [5.74, 6) is 0.864. The van der Waals surface area contributed by atoms with Crippen molar-refractivity contribution in [3.63, 3.8) is 0 Å². The Labute approximate surface area is 185 Å². The van der Waals surface area contributed by atoms with Gasteiger partial charge in [-0.25, -0.2) is 0 Å². The maximum absolute atomic E-state index is 5.41. The zero-order valence-electron chi connectivity index (χ0n) is 18.1. The summed E-state index contributed by atoms with van der Waals surface area (Å²) < 4.78 is 5.41. The fraction of sp³-hybridized carbons (Fsp3) is 0.172. The molecule has 4 rings (SSSR count). The van der Waals surface area contributed by atoms with E-state index < -0.39 is 0 Å². The molecule has 0 aromatic heterocycles. The minimum Gasteiger partial charge on any atom is -0.497 e. The number of hydrogen-bond donors (Lipinski definition) is 0. The van der Waals surface area contributed by atoms with Crippen LogP contribution in [-0.2, 0) is 6.54 Å². The van der Waals surface area contributed by atoms with Crippen LogP contribution >= 0.6 is 0 Å². The Morgan fingerprint density at radius 1 is 0.871 bits per heavy atom. The van der Waals surface area contributed by atoms with Gasteiger partial charge in [0.05, 0.1) is 13.2 Å². The molecule has 156 valence electrons. The van der Waals surface area contributed by atoms with Gasteiger partial charge in [-0.3, -0.25) is 0 Å². The van der Waals surface area contributed by atoms with Crippen LogP contribution in [0.25, 0.3) is 11.3 Å². The Morgan fingerprint density at radius 2 is 1.58 bits per heavy atom. The number of benzene rings is 3. The number of fused-ring (bicyclic) bond motifs is 1.